The zero-order valence-corrected chi connectivity index (χ0v) is 17.0. The fourth-order valence-electron chi connectivity index (χ4n) is 3.77. The third kappa shape index (κ3) is 3.77. The van der Waals surface area contributed by atoms with Gasteiger partial charge in [-0.05, 0) is 56.5 Å². The van der Waals surface area contributed by atoms with Gasteiger partial charge in [-0.15, -0.1) is 0 Å². The molecule has 0 bridgehead atoms. The molecule has 2 heterocycles. The van der Waals surface area contributed by atoms with Gasteiger partial charge < -0.3 is 9.30 Å². The van der Waals surface area contributed by atoms with Crippen LogP contribution in [0.25, 0.3) is 17.0 Å². The summed E-state index contributed by atoms with van der Waals surface area (Å²) < 4.78 is 8.86. The van der Waals surface area contributed by atoms with Crippen LogP contribution in [-0.2, 0) is 22.7 Å². The Morgan fingerprint density at radius 3 is 2.83 bits per heavy atom. The topological polar surface area (TPSA) is 89.9 Å². The van der Waals surface area contributed by atoms with Crippen LogP contribution in [0, 0.1) is 25.2 Å². The molecule has 7 nitrogen and oxygen atoms in total. The summed E-state index contributed by atoms with van der Waals surface area (Å²) >= 11 is 0. The Balaban J connectivity index is 1.51. The highest BCUT2D eigenvalue weighted by Gasteiger charge is 2.26. The molecule has 0 atom stereocenters. The van der Waals surface area contributed by atoms with Gasteiger partial charge in [-0.1, -0.05) is 12.1 Å². The van der Waals surface area contributed by atoms with E-state index in [1.54, 1.807) is 30.3 Å². The molecule has 0 unspecified atom stereocenters. The number of carbonyl (C=O) groups excluding carboxylic acids is 1. The number of esters is 1. The van der Waals surface area contributed by atoms with Gasteiger partial charge in [0.05, 0.1) is 17.0 Å². The van der Waals surface area contributed by atoms with Crippen LogP contribution in [-0.4, -0.2) is 20.1 Å². The third-order valence-electron chi connectivity index (χ3n) is 5.35. The zero-order valence-electron chi connectivity index (χ0n) is 17.0. The first-order chi connectivity index (χ1) is 14.5. The van der Waals surface area contributed by atoms with Crippen molar-refractivity contribution < 1.29 is 9.53 Å². The first-order valence-corrected chi connectivity index (χ1v) is 9.88. The molecule has 7 heteroatoms. The van der Waals surface area contributed by atoms with Crippen molar-refractivity contribution in [3.63, 3.8) is 0 Å². The molecule has 2 aromatic heterocycles. The van der Waals surface area contributed by atoms with E-state index in [-0.39, 0.29) is 24.5 Å². The van der Waals surface area contributed by atoms with Crippen molar-refractivity contribution >= 4 is 22.9 Å². The van der Waals surface area contributed by atoms with E-state index in [4.69, 9.17) is 10.00 Å². The zero-order chi connectivity index (χ0) is 21.3. The van der Waals surface area contributed by atoms with E-state index in [1.165, 1.54) is 29.2 Å². The second-order valence-electron chi connectivity index (χ2n) is 7.46. The van der Waals surface area contributed by atoms with Crippen molar-refractivity contribution in [3.8, 4) is 6.07 Å². The quantitative estimate of drug-likeness (QED) is 0.465. The lowest BCUT2D eigenvalue weighted by molar-refractivity contribution is -0.139. The summed E-state index contributed by atoms with van der Waals surface area (Å²) in [5.74, 6) is -0.286. The van der Waals surface area contributed by atoms with E-state index in [1.807, 2.05) is 6.07 Å². The number of nitrogens with zero attached hydrogens (tertiary/aromatic N) is 4. The van der Waals surface area contributed by atoms with Crippen molar-refractivity contribution in [2.24, 2.45) is 0 Å². The normalized spacial score (nSPS) is 13.6. The SMILES string of the molecule is Cc1cc(/C=C/C(=O)OCc2nc3ccccc3c(=O)n2CC#N)c(C)n1C1CC1. The number of fused-ring (bicyclic) bond motifs is 1. The number of aromatic nitrogens is 3. The standard InChI is InChI=1S/C23H22N4O3/c1-15-13-17(16(2)27(15)18-8-9-18)7-10-22(28)30-14-21-25-20-6-4-3-5-19(20)23(29)26(21)12-11-24/h3-7,10,13,18H,8-9,12,14H2,1-2H3/b10-7+. The van der Waals surface area contributed by atoms with Crippen molar-refractivity contribution in [3.05, 3.63) is 69.5 Å². The highest BCUT2D eigenvalue weighted by Crippen LogP contribution is 2.38. The first kappa shape index (κ1) is 19.6. The monoisotopic (exact) mass is 402 g/mol. The van der Waals surface area contributed by atoms with Crippen LogP contribution in [0.3, 0.4) is 0 Å². The van der Waals surface area contributed by atoms with Gasteiger partial charge in [0.15, 0.2) is 5.82 Å². The molecule has 152 valence electrons. The largest absolute Gasteiger partial charge is 0.454 e. The molecule has 1 aromatic carbocycles. The van der Waals surface area contributed by atoms with Crippen molar-refractivity contribution in [2.45, 2.75) is 45.9 Å². The van der Waals surface area contributed by atoms with E-state index in [0.29, 0.717) is 16.9 Å². The summed E-state index contributed by atoms with van der Waals surface area (Å²) in [5.41, 5.74) is 3.49. The molecule has 1 saturated carbocycles. The van der Waals surface area contributed by atoms with Crippen LogP contribution in [0.2, 0.25) is 0 Å². The minimum absolute atomic E-state index is 0.160. The van der Waals surface area contributed by atoms with Crippen LogP contribution in [0.15, 0.2) is 41.2 Å². The Kier molecular flexibility index (Phi) is 5.23. The molecular formula is C23H22N4O3. The number of nitriles is 1. The van der Waals surface area contributed by atoms with Crippen LogP contribution < -0.4 is 5.56 Å². The minimum Gasteiger partial charge on any atom is -0.454 e. The van der Waals surface area contributed by atoms with E-state index in [0.717, 1.165) is 11.3 Å². The van der Waals surface area contributed by atoms with Gasteiger partial charge in [0.25, 0.3) is 5.56 Å². The molecule has 0 spiro atoms. The Bertz CT molecular complexity index is 1260. The number of hydrogen-bond donors (Lipinski definition) is 0. The maximum atomic E-state index is 12.6. The van der Waals surface area contributed by atoms with Gasteiger partial charge in [0, 0.05) is 23.5 Å². The number of carbonyl (C=O) groups is 1. The second kappa shape index (κ2) is 7.99. The summed E-state index contributed by atoms with van der Waals surface area (Å²) in [6.45, 7) is 3.77. The van der Waals surface area contributed by atoms with E-state index < -0.39 is 5.97 Å². The molecule has 0 amide bonds. The van der Waals surface area contributed by atoms with Crippen molar-refractivity contribution in [1.82, 2.24) is 14.1 Å². The molecule has 0 aliphatic heterocycles. The Morgan fingerprint density at radius 2 is 2.10 bits per heavy atom. The van der Waals surface area contributed by atoms with E-state index in [9.17, 15) is 9.59 Å². The summed E-state index contributed by atoms with van der Waals surface area (Å²) in [7, 11) is 0. The molecule has 0 N–H and O–H groups in total. The lowest BCUT2D eigenvalue weighted by Crippen LogP contribution is -2.26. The highest BCUT2D eigenvalue weighted by molar-refractivity contribution is 5.87. The van der Waals surface area contributed by atoms with Gasteiger partial charge >= 0.3 is 5.97 Å². The third-order valence-corrected chi connectivity index (χ3v) is 5.35. The van der Waals surface area contributed by atoms with Gasteiger partial charge in [0.2, 0.25) is 0 Å². The molecule has 1 aliphatic carbocycles. The average molecular weight is 402 g/mol. The maximum absolute atomic E-state index is 12.6. The number of para-hydroxylation sites is 1. The predicted octanol–water partition coefficient (Wildman–Crippen LogP) is 3.43. The molecule has 0 radical (unpaired) electrons. The summed E-state index contributed by atoms with van der Waals surface area (Å²) in [6, 6.07) is 11.5. The van der Waals surface area contributed by atoms with Crippen LogP contribution in [0.1, 0.15) is 41.7 Å². The van der Waals surface area contributed by atoms with Crippen LogP contribution >= 0.6 is 0 Å². The smallest absolute Gasteiger partial charge is 0.331 e. The first-order valence-electron chi connectivity index (χ1n) is 9.88. The van der Waals surface area contributed by atoms with Gasteiger partial charge in [0.1, 0.15) is 13.2 Å². The lowest BCUT2D eigenvalue weighted by atomic mass is 10.2. The number of hydrogen-bond acceptors (Lipinski definition) is 5. The van der Waals surface area contributed by atoms with Crippen LogP contribution in [0.5, 0.6) is 0 Å². The minimum atomic E-state index is -0.530. The van der Waals surface area contributed by atoms with Crippen molar-refractivity contribution in [2.75, 3.05) is 0 Å². The molecule has 30 heavy (non-hydrogen) atoms. The highest BCUT2D eigenvalue weighted by atomic mass is 16.5. The van der Waals surface area contributed by atoms with Gasteiger partial charge in [-0.25, -0.2) is 9.78 Å². The predicted molar refractivity (Wildman–Crippen MR) is 113 cm³/mol. The number of benzene rings is 1. The van der Waals surface area contributed by atoms with E-state index >= 15 is 0 Å². The molecule has 3 aromatic rings. The molecule has 1 aliphatic rings. The summed E-state index contributed by atoms with van der Waals surface area (Å²) in [5, 5.41) is 9.49. The number of rotatable bonds is 6. The fourth-order valence-corrected chi connectivity index (χ4v) is 3.77. The average Bonchev–Trinajstić information content (AvgIpc) is 3.52. The lowest BCUT2D eigenvalue weighted by Gasteiger charge is -2.10. The fraction of sp³-hybridized carbons (Fsp3) is 0.304. The van der Waals surface area contributed by atoms with Crippen molar-refractivity contribution in [1.29, 1.82) is 5.26 Å². The Morgan fingerprint density at radius 1 is 1.33 bits per heavy atom. The molecule has 0 saturated heterocycles. The molecule has 4 rings (SSSR count). The van der Waals surface area contributed by atoms with E-state index in [2.05, 4.69) is 29.5 Å². The van der Waals surface area contributed by atoms with Crippen LogP contribution in [0.4, 0.5) is 0 Å². The summed E-state index contributed by atoms with van der Waals surface area (Å²) in [4.78, 5) is 29.3. The maximum Gasteiger partial charge on any atom is 0.331 e. The number of ether oxygens (including phenoxy) is 1. The van der Waals surface area contributed by atoms with Gasteiger partial charge in [-0.2, -0.15) is 5.26 Å². The second-order valence-corrected chi connectivity index (χ2v) is 7.46. The number of aryl methyl sites for hydroxylation is 1. The van der Waals surface area contributed by atoms with Gasteiger partial charge in [-0.3, -0.25) is 9.36 Å². The Labute approximate surface area is 173 Å². The Hall–Kier alpha value is -3.66. The molecule has 1 fully saturated rings. The molecular weight excluding hydrogens is 380 g/mol. The summed E-state index contributed by atoms with van der Waals surface area (Å²) in [6.07, 6.45) is 5.53.